The molecule has 0 radical (unpaired) electrons. The molecule has 5 N–H and O–H groups in total. The summed E-state index contributed by atoms with van der Waals surface area (Å²) in [5, 5.41) is 23.2. The third kappa shape index (κ3) is 22.1. The van der Waals surface area contributed by atoms with Crippen molar-refractivity contribution in [2.45, 2.75) is 229 Å². The van der Waals surface area contributed by atoms with Crippen LogP contribution in [0.2, 0.25) is 0 Å². The predicted octanol–water partition coefficient (Wildman–Crippen LogP) is 3.85. The van der Waals surface area contributed by atoms with Crippen LogP contribution in [0, 0.1) is 41.4 Å². The average molecular weight is 1280 g/mol. The van der Waals surface area contributed by atoms with Gasteiger partial charge >= 0.3 is 11.8 Å². The van der Waals surface area contributed by atoms with E-state index < -0.39 is 155 Å². The molecule has 0 unspecified atom stereocenters. The highest BCUT2D eigenvalue weighted by atomic mass is 16.3. The topological polar surface area (TPSA) is 296 Å². The molecule has 24 heteroatoms. The van der Waals surface area contributed by atoms with Crippen LogP contribution in [0.1, 0.15) is 161 Å². The molecule has 0 aliphatic carbocycles. The normalized spacial score (nSPS) is 25.8. The Balaban J connectivity index is 3.01. The fourth-order valence-corrected chi connectivity index (χ4v) is 11.6. The van der Waals surface area contributed by atoms with Crippen LogP contribution >= 0.6 is 0 Å². The van der Waals surface area contributed by atoms with Crippen molar-refractivity contribution >= 4 is 70.9 Å². The van der Waals surface area contributed by atoms with Gasteiger partial charge in [0.25, 0.3) is 5.91 Å². The van der Waals surface area contributed by atoms with Gasteiger partial charge in [-0.05, 0) is 112 Å². The molecule has 24 nitrogen and oxygen atoms in total. The highest BCUT2D eigenvalue weighted by molar-refractivity contribution is 6.38. The summed E-state index contributed by atoms with van der Waals surface area (Å²) in [6.45, 7) is 27.6. The number of benzene rings is 1. The lowest BCUT2D eigenvalue weighted by molar-refractivity contribution is -0.159. The smallest absolute Gasteiger partial charge is 0.318 e. The SMILES string of the molecule is CC[C@@H]1NC(=O)[C@H]([C@H](O)[C@H](C)CCCc2ccccc2)N(C)C(=O)[C@H](C(C)C)N(C)C(=O)[C@H](CC(C)C)N(C)C(=O)[C@H](CC(C)C)N(C)C(=O)[C@@H](C)NC(=O)[C@H](C)NC(=O)[C@H](CC(C)C)N(C)C(=O)[C@H](C(C)C)NC(=O)[C@H](CC(C)C)N(C)C(=O)C(=O)N(C)C1=O. The summed E-state index contributed by atoms with van der Waals surface area (Å²) in [5.41, 5.74) is 1.05. The number of nitrogens with zero attached hydrogens (tertiary/aromatic N) is 7. The van der Waals surface area contributed by atoms with Crippen LogP contribution in [-0.2, 0) is 64.0 Å². The summed E-state index contributed by atoms with van der Waals surface area (Å²) in [7, 11) is 9.28. The Hall–Kier alpha value is -6.98. The van der Waals surface area contributed by atoms with Gasteiger partial charge in [-0.2, -0.15) is 0 Å². The van der Waals surface area contributed by atoms with Crippen molar-refractivity contribution in [1.82, 2.24) is 55.6 Å². The molecule has 1 aliphatic heterocycles. The van der Waals surface area contributed by atoms with Crippen molar-refractivity contribution in [3.8, 4) is 0 Å². The van der Waals surface area contributed by atoms with E-state index in [4.69, 9.17) is 0 Å². The van der Waals surface area contributed by atoms with Crippen molar-refractivity contribution < 1.29 is 62.6 Å². The summed E-state index contributed by atoms with van der Waals surface area (Å²) in [6.07, 6.45) is 0.271. The summed E-state index contributed by atoms with van der Waals surface area (Å²) < 4.78 is 0. The zero-order valence-corrected chi connectivity index (χ0v) is 58.9. The van der Waals surface area contributed by atoms with E-state index in [2.05, 4.69) is 21.3 Å². The minimum atomic E-state index is -1.71. The van der Waals surface area contributed by atoms with Crippen molar-refractivity contribution in [3.63, 3.8) is 0 Å². The molecule has 1 fully saturated rings. The highest BCUT2D eigenvalue weighted by Crippen LogP contribution is 2.26. The van der Waals surface area contributed by atoms with Crippen molar-refractivity contribution in [1.29, 1.82) is 0 Å². The van der Waals surface area contributed by atoms with Crippen molar-refractivity contribution in [3.05, 3.63) is 35.9 Å². The maximum absolute atomic E-state index is 15.3. The number of imide groups is 1. The molecule has 0 saturated carbocycles. The molecule has 0 bridgehead atoms. The fraction of sp³-hybridized carbons (Fsp3) is 0.731. The second-order valence-corrected chi connectivity index (χ2v) is 27.6. The number of nitrogens with one attached hydrogen (secondary N) is 4. The first-order valence-electron chi connectivity index (χ1n) is 32.5. The molecule has 1 aromatic carbocycles. The van der Waals surface area contributed by atoms with Crippen LogP contribution in [0.4, 0.5) is 0 Å². The van der Waals surface area contributed by atoms with E-state index in [1.807, 2.05) is 71.9 Å². The second-order valence-electron chi connectivity index (χ2n) is 27.6. The molecule has 1 aromatic rings. The van der Waals surface area contributed by atoms with E-state index in [0.29, 0.717) is 24.2 Å². The van der Waals surface area contributed by atoms with Crippen LogP contribution in [0.25, 0.3) is 0 Å². The number of carbonyl (C=O) groups excluding carboxylic acids is 12. The molecule has 12 atom stereocenters. The van der Waals surface area contributed by atoms with E-state index in [1.165, 1.54) is 75.7 Å². The molecule has 2 rings (SSSR count). The number of aliphatic hydroxyl groups excluding tert-OH is 1. The third-order valence-electron chi connectivity index (χ3n) is 17.3. The van der Waals surface area contributed by atoms with Gasteiger partial charge in [-0.1, -0.05) is 127 Å². The number of carbonyl (C=O) groups is 12. The minimum Gasteiger partial charge on any atom is -0.390 e. The van der Waals surface area contributed by atoms with Gasteiger partial charge in [0.2, 0.25) is 53.2 Å². The van der Waals surface area contributed by atoms with Gasteiger partial charge in [0.05, 0.1) is 6.10 Å². The Morgan fingerprint density at radius 3 is 1.33 bits per heavy atom. The van der Waals surface area contributed by atoms with Crippen LogP contribution in [0.15, 0.2) is 30.3 Å². The lowest BCUT2D eigenvalue weighted by Crippen LogP contribution is -2.63. The van der Waals surface area contributed by atoms with E-state index >= 15 is 19.2 Å². The Labute approximate surface area is 542 Å². The first kappa shape index (κ1) is 80.1. The summed E-state index contributed by atoms with van der Waals surface area (Å²) in [5.74, 6) is -12.9. The summed E-state index contributed by atoms with van der Waals surface area (Å²) >= 11 is 0. The minimum absolute atomic E-state index is 0.00515. The molecule has 0 spiro atoms. The van der Waals surface area contributed by atoms with E-state index in [0.717, 1.165) is 22.4 Å². The number of hydrogen-bond donors (Lipinski definition) is 5. The van der Waals surface area contributed by atoms with E-state index in [1.54, 1.807) is 55.4 Å². The number of amides is 12. The summed E-state index contributed by atoms with van der Waals surface area (Å²) in [4.78, 5) is 183. The molecule has 1 aliphatic rings. The van der Waals surface area contributed by atoms with Crippen LogP contribution < -0.4 is 21.3 Å². The van der Waals surface area contributed by atoms with Gasteiger partial charge in [0, 0.05) is 49.3 Å². The number of rotatable bonds is 17. The molecule has 12 amide bonds. The van der Waals surface area contributed by atoms with Gasteiger partial charge in [-0.3, -0.25) is 62.4 Å². The Morgan fingerprint density at radius 1 is 0.429 bits per heavy atom. The van der Waals surface area contributed by atoms with Crippen molar-refractivity contribution in [2.75, 3.05) is 49.3 Å². The molecule has 514 valence electrons. The van der Waals surface area contributed by atoms with Crippen LogP contribution in [0.3, 0.4) is 0 Å². The van der Waals surface area contributed by atoms with Gasteiger partial charge in [0.1, 0.15) is 60.4 Å². The van der Waals surface area contributed by atoms with Gasteiger partial charge in [-0.25, -0.2) is 0 Å². The largest absolute Gasteiger partial charge is 0.390 e. The van der Waals surface area contributed by atoms with Gasteiger partial charge < -0.3 is 55.8 Å². The highest BCUT2D eigenvalue weighted by Gasteiger charge is 2.46. The van der Waals surface area contributed by atoms with Gasteiger partial charge in [0.15, 0.2) is 0 Å². The number of aliphatic hydroxyl groups is 1. The fourth-order valence-electron chi connectivity index (χ4n) is 11.6. The third-order valence-corrected chi connectivity index (χ3v) is 17.3. The lowest BCUT2D eigenvalue weighted by Gasteiger charge is -2.41. The molecule has 1 saturated heterocycles. The summed E-state index contributed by atoms with van der Waals surface area (Å²) in [6, 6.07) is -3.56. The standard InChI is InChI=1S/C67H113N11O13/c1-24-47-61(85)78(23)67(91)66(90)73(18)49(34-38(4)5)58(82)71-52(41(10)11)64(88)72(17)48(33-37(2)3)57(81)68-44(15)56(80)69-45(16)60(84)74(19)50(35-39(6)7)62(86)75(20)51(36-40(8)9)63(87)76(21)53(42(12)13)65(89)77(22)54(59(83)70-47)55(79)43(14)29-28-32-46-30-26-25-27-31-46/h25-27,30-31,37-45,47-55,79H,24,28-29,32-36H2,1-23H3,(H,68,81)(H,69,80)(H,70,83)(H,71,82)/t43-,44+,45-,47+,48+,49+,50+,51+,52+,53+,54+,55-/m1/s1. The van der Waals surface area contributed by atoms with Crippen molar-refractivity contribution in [2.24, 2.45) is 41.4 Å². The molecule has 91 heavy (non-hydrogen) atoms. The maximum Gasteiger partial charge on any atom is 0.318 e. The number of aryl methyl sites for hydroxylation is 1. The average Bonchev–Trinajstić information content (AvgIpc) is 0.883. The van der Waals surface area contributed by atoms with E-state index in [-0.39, 0.29) is 55.8 Å². The Morgan fingerprint density at radius 2 is 0.857 bits per heavy atom. The lowest BCUT2D eigenvalue weighted by atomic mass is 9.89. The molecule has 0 aromatic heterocycles. The maximum atomic E-state index is 15.3. The Bertz CT molecular complexity index is 2670. The molecule has 1 heterocycles. The predicted molar refractivity (Wildman–Crippen MR) is 349 cm³/mol. The van der Waals surface area contributed by atoms with E-state index in [9.17, 15) is 43.5 Å². The first-order valence-corrected chi connectivity index (χ1v) is 32.5. The van der Waals surface area contributed by atoms with Crippen LogP contribution in [0.5, 0.6) is 0 Å². The number of likely N-dealkylation sites (N-methyl/N-ethyl adjacent to an activating group) is 7. The van der Waals surface area contributed by atoms with Gasteiger partial charge in [-0.15, -0.1) is 0 Å². The zero-order chi connectivity index (χ0) is 70.0. The monoisotopic (exact) mass is 1280 g/mol. The quantitative estimate of drug-likeness (QED) is 0.110. The molecular weight excluding hydrogens is 1170 g/mol. The zero-order valence-electron chi connectivity index (χ0n) is 58.9. The first-order chi connectivity index (χ1) is 42.2. The van der Waals surface area contributed by atoms with Crippen LogP contribution in [-0.4, -0.2) is 226 Å². The second kappa shape index (κ2) is 36.3. The Kier molecular flexibility index (Phi) is 32.0. The number of hydrogen-bond acceptors (Lipinski definition) is 13. The molecular formula is C67H113N11O13.